The first-order chi connectivity index (χ1) is 17.7. The maximum Gasteiger partial charge on any atom is 0.119 e. The number of aliphatic hydroxyl groups excluding tert-OH is 1. The molecule has 3 atom stereocenters. The summed E-state index contributed by atoms with van der Waals surface area (Å²) in [6.45, 7) is 8.38. The van der Waals surface area contributed by atoms with E-state index in [1.807, 2.05) is 30.5 Å². The second-order valence-electron chi connectivity index (χ2n) is 11.1. The van der Waals surface area contributed by atoms with Crippen molar-refractivity contribution in [2.24, 2.45) is 11.8 Å². The Hall–Kier alpha value is -1.65. The van der Waals surface area contributed by atoms with Crippen LogP contribution in [0, 0.1) is 11.8 Å². The van der Waals surface area contributed by atoms with Crippen LogP contribution in [0.1, 0.15) is 115 Å². The van der Waals surface area contributed by atoms with Gasteiger partial charge in [0, 0.05) is 18.1 Å². The Labute approximate surface area is 220 Å². The van der Waals surface area contributed by atoms with Crippen LogP contribution in [-0.2, 0) is 0 Å². The van der Waals surface area contributed by atoms with Gasteiger partial charge in [-0.25, -0.2) is 0 Å². The highest BCUT2D eigenvalue weighted by molar-refractivity contribution is 5.83. The number of aliphatic hydroxyl groups is 1. The first-order valence-electron chi connectivity index (χ1n) is 15.0. The standard InChI is InChI=1S/C32H52N2O2/c1-4-6-7-8-9-10-11-12-13-14-22-34-23-20-27(26(5-2)25-34)15-18-32(35)29-19-21-33-31-17-16-28(36-3)24-30(29)31/h16-17,19,21,24,26-27,32,35H,4-15,18,20,22-23,25H2,1-3H3/t26-,27+,32?/m0/s1. The summed E-state index contributed by atoms with van der Waals surface area (Å²) in [6, 6.07) is 7.88. The summed E-state index contributed by atoms with van der Waals surface area (Å²) in [5, 5.41) is 12.1. The zero-order valence-corrected chi connectivity index (χ0v) is 23.4. The Bertz CT molecular complexity index is 870. The fourth-order valence-corrected chi connectivity index (χ4v) is 6.12. The topological polar surface area (TPSA) is 45.6 Å². The van der Waals surface area contributed by atoms with Gasteiger partial charge >= 0.3 is 0 Å². The lowest BCUT2D eigenvalue weighted by Gasteiger charge is -2.39. The Kier molecular flexibility index (Phi) is 13.0. The number of benzene rings is 1. The van der Waals surface area contributed by atoms with Gasteiger partial charge in [-0.1, -0.05) is 78.1 Å². The van der Waals surface area contributed by atoms with Gasteiger partial charge in [0.05, 0.1) is 18.7 Å². The summed E-state index contributed by atoms with van der Waals surface area (Å²) in [5.41, 5.74) is 1.89. The maximum atomic E-state index is 11.1. The van der Waals surface area contributed by atoms with Gasteiger partial charge in [0.25, 0.3) is 0 Å². The van der Waals surface area contributed by atoms with E-state index in [1.165, 1.54) is 96.7 Å². The molecular weight excluding hydrogens is 444 g/mol. The fourth-order valence-electron chi connectivity index (χ4n) is 6.12. The predicted octanol–water partition coefficient (Wildman–Crippen LogP) is 8.33. The third-order valence-corrected chi connectivity index (χ3v) is 8.48. The first-order valence-corrected chi connectivity index (χ1v) is 15.0. The molecule has 0 bridgehead atoms. The molecule has 1 N–H and O–H groups in total. The second kappa shape index (κ2) is 16.2. The number of piperidine rings is 1. The highest BCUT2D eigenvalue weighted by Crippen LogP contribution is 2.34. The van der Waals surface area contributed by atoms with E-state index in [9.17, 15) is 5.11 Å². The van der Waals surface area contributed by atoms with Gasteiger partial charge < -0.3 is 14.7 Å². The van der Waals surface area contributed by atoms with Crippen molar-refractivity contribution in [1.82, 2.24) is 9.88 Å². The second-order valence-corrected chi connectivity index (χ2v) is 11.1. The minimum Gasteiger partial charge on any atom is -0.497 e. The van der Waals surface area contributed by atoms with Gasteiger partial charge in [0.2, 0.25) is 0 Å². The summed E-state index contributed by atoms with van der Waals surface area (Å²) in [4.78, 5) is 7.19. The van der Waals surface area contributed by atoms with E-state index >= 15 is 0 Å². The molecule has 4 nitrogen and oxygen atoms in total. The van der Waals surface area contributed by atoms with Crippen molar-refractivity contribution in [3.8, 4) is 5.75 Å². The monoisotopic (exact) mass is 496 g/mol. The van der Waals surface area contributed by atoms with Gasteiger partial charge in [-0.2, -0.15) is 0 Å². The van der Waals surface area contributed by atoms with E-state index in [-0.39, 0.29) is 0 Å². The number of pyridine rings is 1. The van der Waals surface area contributed by atoms with Crippen molar-refractivity contribution in [3.63, 3.8) is 0 Å². The zero-order chi connectivity index (χ0) is 25.6. The number of aromatic nitrogens is 1. The average Bonchev–Trinajstić information content (AvgIpc) is 2.92. The smallest absolute Gasteiger partial charge is 0.119 e. The van der Waals surface area contributed by atoms with Crippen LogP contribution in [0.2, 0.25) is 0 Å². The number of hydrogen-bond donors (Lipinski definition) is 1. The lowest BCUT2D eigenvalue weighted by molar-refractivity contribution is 0.0903. The molecule has 1 fully saturated rings. The number of nitrogens with zero attached hydrogens (tertiary/aromatic N) is 2. The molecule has 0 amide bonds. The van der Waals surface area contributed by atoms with Crippen LogP contribution in [0.3, 0.4) is 0 Å². The molecule has 3 rings (SSSR count). The SMILES string of the molecule is CCCCCCCCCCCCN1CC[C@@H](CCC(O)c2ccnc3ccc(OC)cc23)[C@@H](CC)C1. The van der Waals surface area contributed by atoms with Crippen LogP contribution < -0.4 is 4.74 Å². The van der Waals surface area contributed by atoms with Crippen molar-refractivity contribution < 1.29 is 9.84 Å². The maximum absolute atomic E-state index is 11.1. The van der Waals surface area contributed by atoms with Crippen LogP contribution >= 0.6 is 0 Å². The first kappa shape index (κ1) is 28.9. The molecule has 4 heteroatoms. The summed E-state index contributed by atoms with van der Waals surface area (Å²) in [6.07, 6.45) is 19.9. The number of likely N-dealkylation sites (tertiary alicyclic amines) is 1. The van der Waals surface area contributed by atoms with Crippen molar-refractivity contribution in [1.29, 1.82) is 0 Å². The van der Waals surface area contributed by atoms with E-state index in [0.29, 0.717) is 0 Å². The Balaban J connectivity index is 1.37. The van der Waals surface area contributed by atoms with Gasteiger partial charge in [-0.05, 0) is 80.4 Å². The largest absolute Gasteiger partial charge is 0.497 e. The zero-order valence-electron chi connectivity index (χ0n) is 23.4. The quantitative estimate of drug-likeness (QED) is 0.224. The molecule has 1 unspecified atom stereocenters. The molecule has 202 valence electrons. The summed E-state index contributed by atoms with van der Waals surface area (Å²) >= 11 is 0. The fraction of sp³-hybridized carbons (Fsp3) is 0.719. The molecule has 1 aliphatic rings. The third-order valence-electron chi connectivity index (χ3n) is 8.48. The molecule has 0 spiro atoms. The van der Waals surface area contributed by atoms with Crippen molar-refractivity contribution in [2.45, 2.75) is 110 Å². The third kappa shape index (κ3) is 9.03. The van der Waals surface area contributed by atoms with Gasteiger partial charge in [-0.3, -0.25) is 4.98 Å². The average molecular weight is 497 g/mol. The van der Waals surface area contributed by atoms with E-state index in [4.69, 9.17) is 4.74 Å². The Morgan fingerprint density at radius 3 is 2.39 bits per heavy atom. The molecule has 2 heterocycles. The van der Waals surface area contributed by atoms with Crippen LogP contribution in [-0.4, -0.2) is 41.7 Å². The van der Waals surface area contributed by atoms with Crippen LogP contribution in [0.25, 0.3) is 10.9 Å². The van der Waals surface area contributed by atoms with Crippen LogP contribution in [0.15, 0.2) is 30.5 Å². The molecular formula is C32H52N2O2. The molecule has 36 heavy (non-hydrogen) atoms. The van der Waals surface area contributed by atoms with E-state index < -0.39 is 6.10 Å². The molecule has 0 saturated carbocycles. The number of rotatable bonds is 17. The van der Waals surface area contributed by atoms with Crippen LogP contribution in [0.5, 0.6) is 5.75 Å². The van der Waals surface area contributed by atoms with Gasteiger partial charge in [-0.15, -0.1) is 0 Å². The molecule has 1 aliphatic heterocycles. The predicted molar refractivity (Wildman–Crippen MR) is 153 cm³/mol. The molecule has 1 aromatic carbocycles. The Morgan fingerprint density at radius 1 is 0.972 bits per heavy atom. The number of unbranched alkanes of at least 4 members (excludes halogenated alkanes) is 9. The van der Waals surface area contributed by atoms with Crippen molar-refractivity contribution >= 4 is 10.9 Å². The normalized spacial score (nSPS) is 19.6. The summed E-state index contributed by atoms with van der Waals surface area (Å²) in [7, 11) is 1.68. The molecule has 1 aromatic heterocycles. The number of methoxy groups -OCH3 is 1. The Morgan fingerprint density at radius 2 is 1.69 bits per heavy atom. The number of ether oxygens (including phenoxy) is 1. The number of fused-ring (bicyclic) bond motifs is 1. The van der Waals surface area contributed by atoms with E-state index in [0.717, 1.165) is 46.9 Å². The van der Waals surface area contributed by atoms with Gasteiger partial charge in [0.15, 0.2) is 0 Å². The summed E-state index contributed by atoms with van der Waals surface area (Å²) in [5.74, 6) is 2.28. The van der Waals surface area contributed by atoms with Gasteiger partial charge in [0.1, 0.15) is 5.75 Å². The molecule has 0 aliphatic carbocycles. The minimum atomic E-state index is -0.454. The lowest BCUT2D eigenvalue weighted by atomic mass is 9.80. The number of hydrogen-bond acceptors (Lipinski definition) is 4. The highest BCUT2D eigenvalue weighted by atomic mass is 16.5. The van der Waals surface area contributed by atoms with Crippen molar-refractivity contribution in [2.75, 3.05) is 26.7 Å². The molecule has 0 radical (unpaired) electrons. The summed E-state index contributed by atoms with van der Waals surface area (Å²) < 4.78 is 5.41. The van der Waals surface area contributed by atoms with Crippen molar-refractivity contribution in [3.05, 3.63) is 36.0 Å². The van der Waals surface area contributed by atoms with Crippen LogP contribution in [0.4, 0.5) is 0 Å². The molecule has 2 aromatic rings. The minimum absolute atomic E-state index is 0.454. The highest BCUT2D eigenvalue weighted by Gasteiger charge is 2.28. The lowest BCUT2D eigenvalue weighted by Crippen LogP contribution is -2.40. The van der Waals surface area contributed by atoms with E-state index in [2.05, 4.69) is 23.7 Å². The molecule has 1 saturated heterocycles. The van der Waals surface area contributed by atoms with E-state index in [1.54, 1.807) is 7.11 Å².